The summed E-state index contributed by atoms with van der Waals surface area (Å²) in [6.45, 7) is 2.97. The van der Waals surface area contributed by atoms with Crippen LogP contribution in [0.5, 0.6) is 0 Å². The predicted octanol–water partition coefficient (Wildman–Crippen LogP) is 4.75. The van der Waals surface area contributed by atoms with Crippen molar-refractivity contribution in [1.82, 2.24) is 19.7 Å². The minimum absolute atomic E-state index is 0.0222. The van der Waals surface area contributed by atoms with Crippen molar-refractivity contribution in [1.29, 1.82) is 0 Å². The molecule has 0 spiro atoms. The van der Waals surface area contributed by atoms with Crippen LogP contribution in [0.4, 0.5) is 8.78 Å². The van der Waals surface area contributed by atoms with Crippen LogP contribution in [0.1, 0.15) is 17.0 Å². The monoisotopic (exact) mass is 394 g/mol. The SMILES string of the molecule is Cc1oc(-c2cc(F)ccc2F)nc1CN(C)Cc1cccc(-n2cccn2)c1. The molecule has 0 amide bonds. The molecule has 0 unspecified atom stereocenters. The second-order valence-corrected chi connectivity index (χ2v) is 6.94. The van der Waals surface area contributed by atoms with Crippen LogP contribution in [0.25, 0.3) is 17.1 Å². The van der Waals surface area contributed by atoms with Gasteiger partial charge in [-0.3, -0.25) is 4.90 Å². The van der Waals surface area contributed by atoms with E-state index in [2.05, 4.69) is 21.0 Å². The lowest BCUT2D eigenvalue weighted by atomic mass is 10.2. The first-order chi connectivity index (χ1) is 14.0. The van der Waals surface area contributed by atoms with E-state index < -0.39 is 11.6 Å². The van der Waals surface area contributed by atoms with Crippen molar-refractivity contribution in [2.45, 2.75) is 20.0 Å². The van der Waals surface area contributed by atoms with Crippen molar-refractivity contribution in [3.05, 3.63) is 89.6 Å². The molecular weight excluding hydrogens is 374 g/mol. The van der Waals surface area contributed by atoms with Gasteiger partial charge in [0.05, 0.1) is 16.9 Å². The fraction of sp³-hybridized carbons (Fsp3) is 0.182. The number of benzene rings is 2. The Morgan fingerprint density at radius 1 is 1.07 bits per heavy atom. The van der Waals surface area contributed by atoms with E-state index in [4.69, 9.17) is 4.42 Å². The van der Waals surface area contributed by atoms with E-state index in [1.165, 1.54) is 0 Å². The number of rotatable bonds is 6. The fourth-order valence-corrected chi connectivity index (χ4v) is 3.19. The normalized spacial score (nSPS) is 11.3. The van der Waals surface area contributed by atoms with Gasteiger partial charge in [-0.1, -0.05) is 12.1 Å². The molecule has 0 N–H and O–H groups in total. The zero-order valence-corrected chi connectivity index (χ0v) is 16.1. The van der Waals surface area contributed by atoms with E-state index in [-0.39, 0.29) is 11.5 Å². The number of hydrogen-bond acceptors (Lipinski definition) is 4. The van der Waals surface area contributed by atoms with Crippen LogP contribution in [0.3, 0.4) is 0 Å². The van der Waals surface area contributed by atoms with Gasteiger partial charge in [0.1, 0.15) is 17.4 Å². The van der Waals surface area contributed by atoms with Gasteiger partial charge in [0.15, 0.2) is 0 Å². The standard InChI is InChI=1S/C22H20F2N4O/c1-15-21(26-22(29-15)19-12-17(23)7-8-20(19)24)14-27(2)13-16-5-3-6-18(11-16)28-10-4-9-25-28/h3-12H,13-14H2,1-2H3. The highest BCUT2D eigenvalue weighted by Crippen LogP contribution is 2.26. The minimum atomic E-state index is -0.567. The van der Waals surface area contributed by atoms with E-state index in [0.717, 1.165) is 29.4 Å². The van der Waals surface area contributed by atoms with Crippen LogP contribution in [0, 0.1) is 18.6 Å². The van der Waals surface area contributed by atoms with Crippen LogP contribution in [-0.4, -0.2) is 26.7 Å². The third kappa shape index (κ3) is 4.25. The first-order valence-electron chi connectivity index (χ1n) is 9.19. The summed E-state index contributed by atoms with van der Waals surface area (Å²) < 4.78 is 34.9. The Morgan fingerprint density at radius 3 is 2.72 bits per heavy atom. The molecule has 0 saturated carbocycles. The van der Waals surface area contributed by atoms with Gasteiger partial charge in [-0.05, 0) is 55.9 Å². The Hall–Kier alpha value is -3.32. The van der Waals surface area contributed by atoms with Gasteiger partial charge in [-0.15, -0.1) is 0 Å². The lowest BCUT2D eigenvalue weighted by Crippen LogP contribution is -2.18. The van der Waals surface area contributed by atoms with E-state index in [1.807, 2.05) is 42.2 Å². The van der Waals surface area contributed by atoms with Crippen LogP contribution in [-0.2, 0) is 13.1 Å². The molecule has 2 aromatic heterocycles. The Balaban J connectivity index is 1.49. The van der Waals surface area contributed by atoms with Gasteiger partial charge in [0, 0.05) is 25.5 Å². The van der Waals surface area contributed by atoms with Crippen molar-refractivity contribution < 1.29 is 13.2 Å². The molecule has 0 radical (unpaired) electrons. The highest BCUT2D eigenvalue weighted by Gasteiger charge is 2.17. The molecule has 4 rings (SSSR count). The zero-order chi connectivity index (χ0) is 20.4. The Bertz CT molecular complexity index is 1120. The molecular formula is C22H20F2N4O. The van der Waals surface area contributed by atoms with Gasteiger partial charge in [-0.25, -0.2) is 18.4 Å². The molecule has 2 aromatic carbocycles. The van der Waals surface area contributed by atoms with Crippen LogP contribution in [0.15, 0.2) is 65.3 Å². The summed E-state index contributed by atoms with van der Waals surface area (Å²) in [5.74, 6) is -0.430. The third-order valence-corrected chi connectivity index (χ3v) is 4.60. The lowest BCUT2D eigenvalue weighted by Gasteiger charge is -2.16. The van der Waals surface area contributed by atoms with Crippen molar-refractivity contribution in [2.24, 2.45) is 0 Å². The van der Waals surface area contributed by atoms with Gasteiger partial charge < -0.3 is 4.42 Å². The maximum absolute atomic E-state index is 14.0. The van der Waals surface area contributed by atoms with Crippen molar-refractivity contribution in [3.8, 4) is 17.1 Å². The maximum atomic E-state index is 14.0. The average Bonchev–Trinajstić information content (AvgIpc) is 3.34. The number of aromatic nitrogens is 3. The second-order valence-electron chi connectivity index (χ2n) is 6.94. The highest BCUT2D eigenvalue weighted by molar-refractivity contribution is 5.54. The first-order valence-corrected chi connectivity index (χ1v) is 9.19. The van der Waals surface area contributed by atoms with Crippen molar-refractivity contribution >= 4 is 0 Å². The molecule has 0 fully saturated rings. The minimum Gasteiger partial charge on any atom is -0.441 e. The van der Waals surface area contributed by atoms with Gasteiger partial charge in [0.25, 0.3) is 0 Å². The summed E-state index contributed by atoms with van der Waals surface area (Å²) >= 11 is 0. The second kappa shape index (κ2) is 7.97. The van der Waals surface area contributed by atoms with E-state index in [1.54, 1.807) is 13.1 Å². The lowest BCUT2D eigenvalue weighted by molar-refractivity contribution is 0.313. The molecule has 5 nitrogen and oxygen atoms in total. The quantitative estimate of drug-likeness (QED) is 0.474. The molecule has 2 heterocycles. The molecule has 0 atom stereocenters. The summed E-state index contributed by atoms with van der Waals surface area (Å²) in [6.07, 6.45) is 3.64. The Labute approximate surface area is 167 Å². The molecule has 0 aliphatic rings. The zero-order valence-electron chi connectivity index (χ0n) is 16.1. The third-order valence-electron chi connectivity index (χ3n) is 4.60. The predicted molar refractivity (Wildman–Crippen MR) is 105 cm³/mol. The average molecular weight is 394 g/mol. The molecule has 148 valence electrons. The number of nitrogens with zero attached hydrogens (tertiary/aromatic N) is 4. The van der Waals surface area contributed by atoms with E-state index in [0.29, 0.717) is 24.5 Å². The summed E-state index contributed by atoms with van der Waals surface area (Å²) in [7, 11) is 1.97. The molecule has 7 heteroatoms. The molecule has 29 heavy (non-hydrogen) atoms. The van der Waals surface area contributed by atoms with Crippen molar-refractivity contribution in [2.75, 3.05) is 7.05 Å². The number of aryl methyl sites for hydroxylation is 1. The van der Waals surface area contributed by atoms with Gasteiger partial charge >= 0.3 is 0 Å². The first kappa shape index (κ1) is 19.0. The van der Waals surface area contributed by atoms with Gasteiger partial charge in [0.2, 0.25) is 5.89 Å². The number of halogens is 2. The van der Waals surface area contributed by atoms with Crippen molar-refractivity contribution in [3.63, 3.8) is 0 Å². The smallest absolute Gasteiger partial charge is 0.229 e. The highest BCUT2D eigenvalue weighted by atomic mass is 19.1. The molecule has 0 saturated heterocycles. The molecule has 0 aliphatic heterocycles. The van der Waals surface area contributed by atoms with Gasteiger partial charge in [-0.2, -0.15) is 5.10 Å². The number of hydrogen-bond donors (Lipinski definition) is 0. The molecule has 0 bridgehead atoms. The molecule has 4 aromatic rings. The Morgan fingerprint density at radius 2 is 1.93 bits per heavy atom. The summed E-state index contributed by atoms with van der Waals surface area (Å²) in [5, 5.41) is 4.25. The van der Waals surface area contributed by atoms with Crippen LogP contribution >= 0.6 is 0 Å². The summed E-state index contributed by atoms with van der Waals surface area (Å²) in [4.78, 5) is 6.47. The largest absolute Gasteiger partial charge is 0.441 e. The maximum Gasteiger partial charge on any atom is 0.229 e. The topological polar surface area (TPSA) is 47.1 Å². The fourth-order valence-electron chi connectivity index (χ4n) is 3.19. The van der Waals surface area contributed by atoms with Crippen LogP contribution in [0.2, 0.25) is 0 Å². The summed E-state index contributed by atoms with van der Waals surface area (Å²) in [5.41, 5.74) is 2.82. The summed E-state index contributed by atoms with van der Waals surface area (Å²) in [6, 6.07) is 13.2. The Kier molecular flexibility index (Phi) is 5.22. The van der Waals surface area contributed by atoms with E-state index in [9.17, 15) is 8.78 Å². The van der Waals surface area contributed by atoms with E-state index >= 15 is 0 Å². The molecule has 0 aliphatic carbocycles. The number of oxazole rings is 1. The van der Waals surface area contributed by atoms with Crippen LogP contribution < -0.4 is 0 Å².